The lowest BCUT2D eigenvalue weighted by Gasteiger charge is -2.29. The number of rotatable bonds is 6. The van der Waals surface area contributed by atoms with Crippen LogP contribution in [0.15, 0.2) is 23.8 Å². The summed E-state index contributed by atoms with van der Waals surface area (Å²) in [4.78, 5) is 24.2. The number of cyclic esters (lactones) is 2. The van der Waals surface area contributed by atoms with Crippen molar-refractivity contribution in [2.45, 2.75) is 39.4 Å². The molecule has 25 heavy (non-hydrogen) atoms. The first-order chi connectivity index (χ1) is 11.7. The van der Waals surface area contributed by atoms with Crippen LogP contribution >= 0.6 is 0 Å². The van der Waals surface area contributed by atoms with E-state index in [4.69, 9.17) is 14.2 Å². The molecule has 1 aromatic carbocycles. The average molecular weight is 348 g/mol. The second kappa shape index (κ2) is 7.71. The molecule has 0 unspecified atom stereocenters. The quantitative estimate of drug-likeness (QED) is 0.257. The highest BCUT2D eigenvalue weighted by Crippen LogP contribution is 2.27. The van der Waals surface area contributed by atoms with E-state index in [2.05, 4.69) is 0 Å². The maximum atomic E-state index is 12.1. The standard InChI is InChI=1S/C17H21BO7/c1-4-5-8-23-14-7-6-12(18(21)22)9-11(14)10-13-15(19)24-17(2,3)25-16(13)20/h6-7,9-10,21-22H,4-5,8H2,1-3H3. The number of ether oxygens (including phenoxy) is 3. The molecule has 0 saturated carbocycles. The third-order valence-electron chi connectivity index (χ3n) is 3.50. The summed E-state index contributed by atoms with van der Waals surface area (Å²) in [5.74, 6) is -2.53. The summed E-state index contributed by atoms with van der Waals surface area (Å²) in [7, 11) is -1.69. The van der Waals surface area contributed by atoms with Crippen molar-refractivity contribution in [3.05, 3.63) is 29.3 Å². The summed E-state index contributed by atoms with van der Waals surface area (Å²) in [6.07, 6.45) is 3.04. The van der Waals surface area contributed by atoms with Crippen molar-refractivity contribution < 1.29 is 33.8 Å². The van der Waals surface area contributed by atoms with Crippen LogP contribution < -0.4 is 10.2 Å². The lowest BCUT2D eigenvalue weighted by Crippen LogP contribution is -2.41. The minimum atomic E-state index is -1.69. The van der Waals surface area contributed by atoms with Crippen LogP contribution in [0.3, 0.4) is 0 Å². The minimum Gasteiger partial charge on any atom is -0.493 e. The number of benzene rings is 1. The predicted octanol–water partition coefficient (Wildman–Crippen LogP) is 0.765. The Kier molecular flexibility index (Phi) is 5.87. The summed E-state index contributed by atoms with van der Waals surface area (Å²) < 4.78 is 15.8. The Bertz CT molecular complexity index is 672. The van der Waals surface area contributed by atoms with Gasteiger partial charge in [0.15, 0.2) is 0 Å². The van der Waals surface area contributed by atoms with Gasteiger partial charge in [0.25, 0.3) is 5.79 Å². The highest BCUT2D eigenvalue weighted by molar-refractivity contribution is 6.58. The van der Waals surface area contributed by atoms with Gasteiger partial charge in [-0.05, 0) is 24.0 Å². The van der Waals surface area contributed by atoms with E-state index in [1.54, 1.807) is 6.07 Å². The number of carbonyl (C=O) groups is 2. The molecule has 0 amide bonds. The van der Waals surface area contributed by atoms with Crippen molar-refractivity contribution >= 4 is 30.6 Å². The molecule has 0 radical (unpaired) electrons. The molecule has 0 bridgehead atoms. The van der Waals surface area contributed by atoms with Gasteiger partial charge in [0, 0.05) is 19.4 Å². The Balaban J connectivity index is 2.39. The fourth-order valence-corrected chi connectivity index (χ4v) is 2.23. The first-order valence-corrected chi connectivity index (χ1v) is 8.05. The number of hydrogen-bond acceptors (Lipinski definition) is 7. The topological polar surface area (TPSA) is 102 Å². The normalized spacial score (nSPS) is 16.1. The van der Waals surface area contributed by atoms with Gasteiger partial charge in [-0.25, -0.2) is 9.59 Å². The molecule has 2 rings (SSSR count). The maximum Gasteiger partial charge on any atom is 0.488 e. The van der Waals surface area contributed by atoms with Crippen LogP contribution in [0.25, 0.3) is 6.08 Å². The first-order valence-electron chi connectivity index (χ1n) is 8.05. The molecule has 0 aromatic heterocycles. The Morgan fingerprint density at radius 3 is 2.40 bits per heavy atom. The Morgan fingerprint density at radius 1 is 1.20 bits per heavy atom. The van der Waals surface area contributed by atoms with Crippen molar-refractivity contribution in [2.24, 2.45) is 0 Å². The van der Waals surface area contributed by atoms with Crippen molar-refractivity contribution in [2.75, 3.05) is 6.61 Å². The van der Waals surface area contributed by atoms with E-state index in [0.717, 1.165) is 12.8 Å². The van der Waals surface area contributed by atoms with Crippen LogP contribution in [0.4, 0.5) is 0 Å². The number of carbonyl (C=O) groups excluding carboxylic acids is 2. The highest BCUT2D eigenvalue weighted by Gasteiger charge is 2.39. The Hall–Kier alpha value is -2.32. The molecule has 1 aliphatic heterocycles. The lowest BCUT2D eigenvalue weighted by atomic mass is 9.79. The summed E-state index contributed by atoms with van der Waals surface area (Å²) in [5, 5.41) is 18.7. The summed E-state index contributed by atoms with van der Waals surface area (Å²) in [6.45, 7) is 5.39. The first kappa shape index (κ1) is 19.0. The van der Waals surface area contributed by atoms with Gasteiger partial charge in [-0.2, -0.15) is 0 Å². The molecular weight excluding hydrogens is 327 g/mol. The van der Waals surface area contributed by atoms with E-state index in [0.29, 0.717) is 17.9 Å². The molecule has 0 atom stereocenters. The van der Waals surface area contributed by atoms with Gasteiger partial charge in [-0.1, -0.05) is 25.5 Å². The van der Waals surface area contributed by atoms with Gasteiger partial charge < -0.3 is 24.3 Å². The molecule has 1 fully saturated rings. The van der Waals surface area contributed by atoms with Crippen LogP contribution in [0.1, 0.15) is 39.2 Å². The van der Waals surface area contributed by atoms with Gasteiger partial charge >= 0.3 is 19.1 Å². The SMILES string of the molecule is CCCCOc1ccc(B(O)O)cc1C=C1C(=O)OC(C)(C)OC1=O. The summed E-state index contributed by atoms with van der Waals surface area (Å²) in [6, 6.07) is 4.48. The van der Waals surface area contributed by atoms with E-state index < -0.39 is 24.8 Å². The summed E-state index contributed by atoms with van der Waals surface area (Å²) in [5.41, 5.74) is 0.266. The molecule has 7 nitrogen and oxygen atoms in total. The third kappa shape index (κ3) is 4.84. The van der Waals surface area contributed by atoms with Crippen molar-refractivity contribution in [1.82, 2.24) is 0 Å². The molecule has 1 saturated heterocycles. The molecule has 1 aromatic rings. The Morgan fingerprint density at radius 2 is 1.84 bits per heavy atom. The number of hydrogen-bond donors (Lipinski definition) is 2. The van der Waals surface area contributed by atoms with E-state index in [1.165, 1.54) is 32.1 Å². The fraction of sp³-hybridized carbons (Fsp3) is 0.412. The van der Waals surface area contributed by atoms with Crippen molar-refractivity contribution in [3.8, 4) is 5.75 Å². The molecule has 134 valence electrons. The number of esters is 2. The van der Waals surface area contributed by atoms with Crippen LogP contribution in [-0.4, -0.2) is 41.5 Å². The van der Waals surface area contributed by atoms with Gasteiger partial charge in [0.1, 0.15) is 11.3 Å². The highest BCUT2D eigenvalue weighted by atomic mass is 16.7. The minimum absolute atomic E-state index is 0.201. The smallest absolute Gasteiger partial charge is 0.488 e. The predicted molar refractivity (Wildman–Crippen MR) is 90.9 cm³/mol. The molecular formula is C17H21BO7. The van der Waals surface area contributed by atoms with E-state index in [1.807, 2.05) is 6.92 Å². The maximum absolute atomic E-state index is 12.1. The zero-order valence-corrected chi connectivity index (χ0v) is 14.4. The van der Waals surface area contributed by atoms with Crippen LogP contribution in [0, 0.1) is 0 Å². The third-order valence-corrected chi connectivity index (χ3v) is 3.50. The number of unbranched alkanes of at least 4 members (excludes halogenated alkanes) is 1. The van der Waals surface area contributed by atoms with E-state index in [9.17, 15) is 19.6 Å². The summed E-state index contributed by atoms with van der Waals surface area (Å²) >= 11 is 0. The van der Waals surface area contributed by atoms with E-state index >= 15 is 0 Å². The van der Waals surface area contributed by atoms with Crippen molar-refractivity contribution in [3.63, 3.8) is 0 Å². The molecule has 1 heterocycles. The molecule has 2 N–H and O–H groups in total. The Labute approximate surface area is 146 Å². The fourth-order valence-electron chi connectivity index (χ4n) is 2.23. The molecule has 1 aliphatic rings. The van der Waals surface area contributed by atoms with Crippen LogP contribution in [0.5, 0.6) is 5.75 Å². The van der Waals surface area contributed by atoms with Gasteiger partial charge in [0.2, 0.25) is 0 Å². The molecule has 0 aliphatic carbocycles. The molecule has 0 spiro atoms. The van der Waals surface area contributed by atoms with Gasteiger partial charge in [-0.15, -0.1) is 0 Å². The molecule has 8 heteroatoms. The van der Waals surface area contributed by atoms with Crippen LogP contribution in [-0.2, 0) is 19.1 Å². The monoisotopic (exact) mass is 348 g/mol. The zero-order chi connectivity index (χ0) is 18.6. The lowest BCUT2D eigenvalue weighted by molar-refractivity contribution is -0.222. The van der Waals surface area contributed by atoms with Gasteiger partial charge in [-0.3, -0.25) is 0 Å². The van der Waals surface area contributed by atoms with Gasteiger partial charge in [0.05, 0.1) is 6.61 Å². The largest absolute Gasteiger partial charge is 0.493 e. The van der Waals surface area contributed by atoms with Crippen molar-refractivity contribution in [1.29, 1.82) is 0 Å². The average Bonchev–Trinajstić information content (AvgIpc) is 2.51. The second-order valence-electron chi connectivity index (χ2n) is 6.11. The van der Waals surface area contributed by atoms with Crippen LogP contribution in [0.2, 0.25) is 0 Å². The second-order valence-corrected chi connectivity index (χ2v) is 6.11. The van der Waals surface area contributed by atoms with E-state index in [-0.39, 0.29) is 11.0 Å². The zero-order valence-electron chi connectivity index (χ0n) is 14.4.